The number of rotatable bonds is 4. The maximum absolute atomic E-state index is 13.0. The highest BCUT2D eigenvalue weighted by Gasteiger charge is 2.33. The van der Waals surface area contributed by atoms with Gasteiger partial charge in [-0.05, 0) is 55.9 Å². The molecule has 3 heterocycles. The summed E-state index contributed by atoms with van der Waals surface area (Å²) in [5.74, 6) is -0.0870. The van der Waals surface area contributed by atoms with Crippen LogP contribution >= 0.6 is 22.9 Å². The first kappa shape index (κ1) is 22.7. The molecule has 3 amide bonds. The number of piperidine rings is 2. The summed E-state index contributed by atoms with van der Waals surface area (Å²) in [6, 6.07) is 6.71. The molecular formula is C22H26ClN5O3S. The van der Waals surface area contributed by atoms with Crippen molar-refractivity contribution in [1.29, 1.82) is 0 Å². The topological polar surface area (TPSA) is 95.5 Å². The number of hydrogen-bond acceptors (Lipinski definition) is 6. The van der Waals surface area contributed by atoms with Crippen molar-refractivity contribution < 1.29 is 14.4 Å². The minimum atomic E-state index is -0.435. The summed E-state index contributed by atoms with van der Waals surface area (Å²) in [6.07, 6.45) is 3.63. The molecule has 1 atom stereocenters. The average Bonchev–Trinajstić information content (AvgIpc) is 3.31. The predicted octanol–water partition coefficient (Wildman–Crippen LogP) is 3.55. The van der Waals surface area contributed by atoms with E-state index in [4.69, 9.17) is 11.6 Å². The quantitative estimate of drug-likeness (QED) is 0.729. The molecule has 32 heavy (non-hydrogen) atoms. The average molecular weight is 476 g/mol. The molecule has 1 aromatic heterocycles. The lowest BCUT2D eigenvalue weighted by Gasteiger charge is -2.37. The van der Waals surface area contributed by atoms with E-state index in [2.05, 4.69) is 22.4 Å². The number of nitrogens with zero attached hydrogens (tertiary/aromatic N) is 4. The SMILES string of the molecule is CC1CCN(C(=O)C2CCCN(C(=O)c3nnc(C(=O)Nc4ccc(Cl)cc4)s3)C2)CC1. The minimum absolute atomic E-state index is 0.107. The van der Waals surface area contributed by atoms with Crippen molar-refractivity contribution in [2.45, 2.75) is 32.6 Å². The van der Waals surface area contributed by atoms with Crippen LogP contribution in [-0.2, 0) is 4.79 Å². The Morgan fingerprint density at radius 3 is 2.41 bits per heavy atom. The Kier molecular flexibility index (Phi) is 7.05. The highest BCUT2D eigenvalue weighted by Crippen LogP contribution is 2.25. The van der Waals surface area contributed by atoms with Crippen molar-refractivity contribution in [3.05, 3.63) is 39.3 Å². The fourth-order valence-electron chi connectivity index (χ4n) is 4.10. The third-order valence-electron chi connectivity index (χ3n) is 6.06. The van der Waals surface area contributed by atoms with Crippen LogP contribution in [0.2, 0.25) is 5.02 Å². The fourth-order valence-corrected chi connectivity index (χ4v) is 4.94. The van der Waals surface area contributed by atoms with Gasteiger partial charge in [0.05, 0.1) is 5.92 Å². The predicted molar refractivity (Wildman–Crippen MR) is 123 cm³/mol. The smallest absolute Gasteiger partial charge is 0.286 e. The molecule has 0 spiro atoms. The largest absolute Gasteiger partial charge is 0.342 e. The molecule has 10 heteroatoms. The lowest BCUT2D eigenvalue weighted by atomic mass is 9.93. The van der Waals surface area contributed by atoms with Gasteiger partial charge in [0.25, 0.3) is 11.8 Å². The zero-order chi connectivity index (χ0) is 22.7. The highest BCUT2D eigenvalue weighted by molar-refractivity contribution is 7.15. The maximum Gasteiger partial charge on any atom is 0.286 e. The molecule has 2 fully saturated rings. The van der Waals surface area contributed by atoms with Crippen LogP contribution in [-0.4, -0.2) is 63.9 Å². The zero-order valence-electron chi connectivity index (χ0n) is 17.9. The Morgan fingerprint density at radius 2 is 1.69 bits per heavy atom. The number of hydrogen-bond donors (Lipinski definition) is 1. The van der Waals surface area contributed by atoms with E-state index in [1.165, 1.54) is 0 Å². The van der Waals surface area contributed by atoms with E-state index in [1.807, 2.05) is 4.90 Å². The van der Waals surface area contributed by atoms with E-state index in [0.29, 0.717) is 29.7 Å². The third-order valence-corrected chi connectivity index (χ3v) is 7.22. The second-order valence-corrected chi connectivity index (χ2v) is 9.89. The third kappa shape index (κ3) is 5.27. The Labute approximate surface area is 195 Å². The second kappa shape index (κ2) is 9.95. The van der Waals surface area contributed by atoms with Gasteiger partial charge in [0.15, 0.2) is 0 Å². The Bertz CT molecular complexity index is 988. The van der Waals surface area contributed by atoms with Gasteiger partial charge >= 0.3 is 0 Å². The fraction of sp³-hybridized carbons (Fsp3) is 0.500. The monoisotopic (exact) mass is 475 g/mol. The number of halogens is 1. The van der Waals surface area contributed by atoms with Gasteiger partial charge < -0.3 is 15.1 Å². The number of amides is 3. The number of likely N-dealkylation sites (tertiary alicyclic amines) is 2. The number of anilines is 1. The number of aromatic nitrogens is 2. The zero-order valence-corrected chi connectivity index (χ0v) is 19.5. The Balaban J connectivity index is 1.36. The molecule has 2 saturated heterocycles. The van der Waals surface area contributed by atoms with Crippen LogP contribution in [0.1, 0.15) is 52.2 Å². The van der Waals surface area contributed by atoms with Gasteiger partial charge in [-0.1, -0.05) is 29.9 Å². The molecule has 2 aliphatic heterocycles. The molecule has 0 radical (unpaired) electrons. The first-order valence-electron chi connectivity index (χ1n) is 10.9. The molecule has 1 unspecified atom stereocenters. The van der Waals surface area contributed by atoms with Crippen molar-refractivity contribution >= 4 is 46.3 Å². The molecule has 2 aromatic rings. The van der Waals surface area contributed by atoms with Crippen LogP contribution in [0.15, 0.2) is 24.3 Å². The lowest BCUT2D eigenvalue weighted by Crippen LogP contribution is -2.48. The minimum Gasteiger partial charge on any atom is -0.342 e. The van der Waals surface area contributed by atoms with E-state index in [-0.39, 0.29) is 27.7 Å². The molecule has 0 saturated carbocycles. The lowest BCUT2D eigenvalue weighted by molar-refractivity contribution is -0.138. The van der Waals surface area contributed by atoms with Crippen molar-refractivity contribution in [1.82, 2.24) is 20.0 Å². The number of nitrogens with one attached hydrogen (secondary N) is 1. The van der Waals surface area contributed by atoms with Gasteiger partial charge in [-0.3, -0.25) is 14.4 Å². The molecule has 4 rings (SSSR count). The normalized spacial score (nSPS) is 19.6. The summed E-state index contributed by atoms with van der Waals surface area (Å²) in [5.41, 5.74) is 0.576. The number of carbonyl (C=O) groups excluding carboxylic acids is 3. The van der Waals surface area contributed by atoms with Crippen LogP contribution in [0, 0.1) is 11.8 Å². The Morgan fingerprint density at radius 1 is 1.00 bits per heavy atom. The summed E-state index contributed by atoms with van der Waals surface area (Å²) in [5, 5.41) is 11.4. The first-order valence-corrected chi connectivity index (χ1v) is 12.1. The summed E-state index contributed by atoms with van der Waals surface area (Å²) in [6.45, 7) is 4.77. The molecule has 1 N–H and O–H groups in total. The van der Waals surface area contributed by atoms with Crippen LogP contribution in [0.25, 0.3) is 0 Å². The van der Waals surface area contributed by atoms with Crippen LogP contribution in [0.5, 0.6) is 0 Å². The first-order chi connectivity index (χ1) is 15.4. The van der Waals surface area contributed by atoms with Gasteiger partial charge in [0.2, 0.25) is 15.9 Å². The Hall–Kier alpha value is -2.52. The molecule has 2 aliphatic rings. The summed E-state index contributed by atoms with van der Waals surface area (Å²) in [4.78, 5) is 42.0. The summed E-state index contributed by atoms with van der Waals surface area (Å²) >= 11 is 6.81. The van der Waals surface area contributed by atoms with Crippen molar-refractivity contribution in [3.63, 3.8) is 0 Å². The highest BCUT2D eigenvalue weighted by atomic mass is 35.5. The van der Waals surface area contributed by atoms with E-state index in [9.17, 15) is 14.4 Å². The van der Waals surface area contributed by atoms with E-state index in [0.717, 1.165) is 50.1 Å². The second-order valence-electron chi connectivity index (χ2n) is 8.47. The summed E-state index contributed by atoms with van der Waals surface area (Å²) < 4.78 is 0. The van der Waals surface area contributed by atoms with Crippen molar-refractivity contribution in [2.75, 3.05) is 31.5 Å². The summed E-state index contributed by atoms with van der Waals surface area (Å²) in [7, 11) is 0. The van der Waals surface area contributed by atoms with Crippen molar-refractivity contribution in [3.8, 4) is 0 Å². The van der Waals surface area contributed by atoms with E-state index >= 15 is 0 Å². The molecule has 0 aliphatic carbocycles. The van der Waals surface area contributed by atoms with Crippen LogP contribution in [0.3, 0.4) is 0 Å². The van der Waals surface area contributed by atoms with Gasteiger partial charge in [0.1, 0.15) is 0 Å². The van der Waals surface area contributed by atoms with Crippen LogP contribution < -0.4 is 5.32 Å². The molecule has 1 aromatic carbocycles. The molecule has 170 valence electrons. The van der Waals surface area contributed by atoms with Gasteiger partial charge in [0, 0.05) is 36.9 Å². The number of carbonyl (C=O) groups is 3. The number of benzene rings is 1. The molecule has 0 bridgehead atoms. The molecule has 8 nitrogen and oxygen atoms in total. The van der Waals surface area contributed by atoms with Gasteiger partial charge in [-0.15, -0.1) is 10.2 Å². The standard InChI is InChI=1S/C22H26ClN5O3S/c1-14-8-11-27(12-9-14)21(30)15-3-2-10-28(13-15)22(31)20-26-25-19(32-20)18(29)24-17-6-4-16(23)5-7-17/h4-7,14-15H,2-3,8-13H2,1H3,(H,24,29). The van der Waals surface area contributed by atoms with Crippen molar-refractivity contribution in [2.24, 2.45) is 11.8 Å². The van der Waals surface area contributed by atoms with E-state index < -0.39 is 5.91 Å². The van der Waals surface area contributed by atoms with Gasteiger partial charge in [-0.2, -0.15) is 0 Å². The van der Waals surface area contributed by atoms with E-state index in [1.54, 1.807) is 29.2 Å². The maximum atomic E-state index is 13.0. The van der Waals surface area contributed by atoms with Crippen LogP contribution in [0.4, 0.5) is 5.69 Å². The molecular weight excluding hydrogens is 450 g/mol. The van der Waals surface area contributed by atoms with Gasteiger partial charge in [-0.25, -0.2) is 0 Å².